The standard InChI is InChI=1S/C8H18O.C6H14O3/c1-3-5-7-9-8-6-4-2;1-2-6(3-7,4-8)5-9/h3-8H2,1-2H3;7-9H,2-5H2,1H3. The van der Waals surface area contributed by atoms with Crippen molar-refractivity contribution in [2.75, 3.05) is 33.0 Å². The van der Waals surface area contributed by atoms with Crippen LogP contribution in [-0.2, 0) is 4.74 Å². The molecule has 0 fully saturated rings. The van der Waals surface area contributed by atoms with Crippen molar-refractivity contribution in [1.29, 1.82) is 0 Å². The smallest absolute Gasteiger partial charge is 0.0531 e. The number of unbranched alkanes of at least 4 members (excludes halogenated alkanes) is 2. The van der Waals surface area contributed by atoms with E-state index in [1.165, 1.54) is 25.7 Å². The lowest BCUT2D eigenvalue weighted by Gasteiger charge is -2.24. The summed E-state index contributed by atoms with van der Waals surface area (Å²) in [7, 11) is 0. The van der Waals surface area contributed by atoms with Crippen LogP contribution in [-0.4, -0.2) is 48.4 Å². The summed E-state index contributed by atoms with van der Waals surface area (Å²) in [6.07, 6.45) is 5.50. The molecule has 4 heteroatoms. The molecule has 0 unspecified atom stereocenters. The van der Waals surface area contributed by atoms with Gasteiger partial charge in [-0.1, -0.05) is 33.6 Å². The maximum atomic E-state index is 8.66. The molecule has 0 aromatic rings. The normalized spacial score (nSPS) is 11.0. The number of ether oxygens (including phenoxy) is 1. The van der Waals surface area contributed by atoms with Crippen molar-refractivity contribution in [3.63, 3.8) is 0 Å². The Labute approximate surface area is 112 Å². The van der Waals surface area contributed by atoms with Gasteiger partial charge in [0.2, 0.25) is 0 Å². The molecular weight excluding hydrogens is 232 g/mol. The van der Waals surface area contributed by atoms with E-state index in [0.29, 0.717) is 6.42 Å². The van der Waals surface area contributed by atoms with Crippen LogP contribution in [0, 0.1) is 5.41 Å². The fraction of sp³-hybridized carbons (Fsp3) is 1.00. The fourth-order valence-electron chi connectivity index (χ4n) is 1.08. The Morgan fingerprint density at radius 2 is 1.17 bits per heavy atom. The Morgan fingerprint density at radius 3 is 1.33 bits per heavy atom. The Hall–Kier alpha value is -0.160. The molecule has 0 amide bonds. The van der Waals surface area contributed by atoms with Crippen LogP contribution in [0.3, 0.4) is 0 Å². The van der Waals surface area contributed by atoms with E-state index in [4.69, 9.17) is 20.1 Å². The van der Waals surface area contributed by atoms with E-state index in [1.54, 1.807) is 0 Å². The topological polar surface area (TPSA) is 69.9 Å². The van der Waals surface area contributed by atoms with Crippen molar-refractivity contribution >= 4 is 0 Å². The molecule has 0 aromatic carbocycles. The van der Waals surface area contributed by atoms with Crippen molar-refractivity contribution in [1.82, 2.24) is 0 Å². The van der Waals surface area contributed by atoms with Crippen molar-refractivity contribution in [2.24, 2.45) is 5.41 Å². The fourth-order valence-corrected chi connectivity index (χ4v) is 1.08. The Balaban J connectivity index is 0. The molecule has 0 spiro atoms. The maximum absolute atomic E-state index is 8.66. The monoisotopic (exact) mass is 264 g/mol. The SMILES string of the molecule is CCC(CO)(CO)CO.CCCCOCCCC. The first kappa shape index (κ1) is 20.2. The first-order valence-corrected chi connectivity index (χ1v) is 7.06. The Bertz CT molecular complexity index is 123. The van der Waals surface area contributed by atoms with Crippen LogP contribution in [0.5, 0.6) is 0 Å². The second-order valence-corrected chi connectivity index (χ2v) is 4.65. The third-order valence-corrected chi connectivity index (χ3v) is 3.04. The summed E-state index contributed by atoms with van der Waals surface area (Å²) in [5.74, 6) is 0. The average molecular weight is 264 g/mol. The quantitative estimate of drug-likeness (QED) is 0.528. The zero-order valence-electron chi connectivity index (χ0n) is 12.3. The summed E-state index contributed by atoms with van der Waals surface area (Å²) < 4.78 is 5.31. The molecule has 18 heavy (non-hydrogen) atoms. The number of aliphatic hydroxyl groups excluding tert-OH is 3. The van der Waals surface area contributed by atoms with E-state index in [2.05, 4.69) is 13.8 Å². The van der Waals surface area contributed by atoms with Gasteiger partial charge in [0.25, 0.3) is 0 Å². The van der Waals surface area contributed by atoms with Gasteiger partial charge in [0.05, 0.1) is 19.8 Å². The van der Waals surface area contributed by atoms with E-state index in [-0.39, 0.29) is 19.8 Å². The molecule has 3 N–H and O–H groups in total. The van der Waals surface area contributed by atoms with Crippen molar-refractivity contribution in [3.05, 3.63) is 0 Å². The Morgan fingerprint density at radius 1 is 0.778 bits per heavy atom. The largest absolute Gasteiger partial charge is 0.396 e. The number of rotatable bonds is 10. The van der Waals surface area contributed by atoms with E-state index in [0.717, 1.165) is 13.2 Å². The minimum Gasteiger partial charge on any atom is -0.396 e. The van der Waals surface area contributed by atoms with Gasteiger partial charge in [-0.25, -0.2) is 0 Å². The molecular formula is C14H32O4. The molecule has 0 heterocycles. The molecule has 0 atom stereocenters. The summed E-state index contributed by atoms with van der Waals surface area (Å²) in [6, 6.07) is 0. The van der Waals surface area contributed by atoms with Gasteiger partial charge < -0.3 is 20.1 Å². The van der Waals surface area contributed by atoms with Crippen molar-refractivity contribution in [3.8, 4) is 0 Å². The van der Waals surface area contributed by atoms with E-state index in [1.807, 2.05) is 6.92 Å². The molecule has 0 aromatic heterocycles. The predicted molar refractivity (Wildman–Crippen MR) is 74.6 cm³/mol. The average Bonchev–Trinajstić information content (AvgIpc) is 2.43. The van der Waals surface area contributed by atoms with Gasteiger partial charge in [-0.2, -0.15) is 0 Å². The molecule has 0 saturated heterocycles. The molecule has 0 bridgehead atoms. The zero-order chi connectivity index (χ0) is 14.3. The second-order valence-electron chi connectivity index (χ2n) is 4.65. The molecule has 0 aliphatic carbocycles. The van der Waals surface area contributed by atoms with Gasteiger partial charge in [-0.3, -0.25) is 0 Å². The summed E-state index contributed by atoms with van der Waals surface area (Å²) in [5, 5.41) is 26.0. The molecule has 0 aliphatic rings. The highest BCUT2D eigenvalue weighted by atomic mass is 16.5. The third-order valence-electron chi connectivity index (χ3n) is 3.04. The van der Waals surface area contributed by atoms with Crippen molar-refractivity contribution in [2.45, 2.75) is 52.9 Å². The van der Waals surface area contributed by atoms with E-state index < -0.39 is 5.41 Å². The van der Waals surface area contributed by atoms with Crippen LogP contribution < -0.4 is 0 Å². The summed E-state index contributed by atoms with van der Waals surface area (Å²) >= 11 is 0. The summed E-state index contributed by atoms with van der Waals surface area (Å²) in [6.45, 7) is 7.63. The van der Waals surface area contributed by atoms with Crippen LogP contribution in [0.2, 0.25) is 0 Å². The maximum Gasteiger partial charge on any atom is 0.0531 e. The number of hydrogen-bond acceptors (Lipinski definition) is 4. The van der Waals surface area contributed by atoms with Gasteiger partial charge in [0.15, 0.2) is 0 Å². The first-order valence-electron chi connectivity index (χ1n) is 7.06. The Kier molecular flexibility index (Phi) is 16.7. The number of aliphatic hydroxyl groups is 3. The van der Waals surface area contributed by atoms with Gasteiger partial charge in [-0.15, -0.1) is 0 Å². The van der Waals surface area contributed by atoms with Crippen LogP contribution in [0.25, 0.3) is 0 Å². The van der Waals surface area contributed by atoms with Crippen LogP contribution >= 0.6 is 0 Å². The first-order chi connectivity index (χ1) is 8.66. The molecule has 0 aliphatic heterocycles. The predicted octanol–water partition coefficient (Wildman–Crippen LogP) is 1.96. The minimum atomic E-state index is -0.667. The third kappa shape index (κ3) is 11.0. The number of hydrogen-bond donors (Lipinski definition) is 3. The molecule has 112 valence electrons. The summed E-state index contributed by atoms with van der Waals surface area (Å²) in [5.41, 5.74) is -0.667. The molecule has 0 rings (SSSR count). The highest BCUT2D eigenvalue weighted by Crippen LogP contribution is 2.18. The van der Waals surface area contributed by atoms with Crippen LogP contribution in [0.4, 0.5) is 0 Å². The second kappa shape index (κ2) is 14.9. The highest BCUT2D eigenvalue weighted by Gasteiger charge is 2.24. The van der Waals surface area contributed by atoms with Gasteiger partial charge in [0.1, 0.15) is 0 Å². The van der Waals surface area contributed by atoms with Crippen molar-refractivity contribution < 1.29 is 20.1 Å². The molecule has 0 saturated carbocycles. The van der Waals surface area contributed by atoms with E-state index in [9.17, 15) is 0 Å². The zero-order valence-corrected chi connectivity index (χ0v) is 12.3. The van der Waals surface area contributed by atoms with Crippen LogP contribution in [0.1, 0.15) is 52.9 Å². The lowest BCUT2D eigenvalue weighted by molar-refractivity contribution is 0.00304. The lowest BCUT2D eigenvalue weighted by atomic mass is 9.88. The van der Waals surface area contributed by atoms with Crippen LogP contribution in [0.15, 0.2) is 0 Å². The highest BCUT2D eigenvalue weighted by molar-refractivity contribution is 4.74. The van der Waals surface area contributed by atoms with E-state index >= 15 is 0 Å². The van der Waals surface area contributed by atoms with Gasteiger partial charge in [0, 0.05) is 18.6 Å². The molecule has 0 radical (unpaired) electrons. The van der Waals surface area contributed by atoms with Gasteiger partial charge >= 0.3 is 0 Å². The summed E-state index contributed by atoms with van der Waals surface area (Å²) in [4.78, 5) is 0. The van der Waals surface area contributed by atoms with Gasteiger partial charge in [-0.05, 0) is 19.3 Å². The molecule has 4 nitrogen and oxygen atoms in total. The lowest BCUT2D eigenvalue weighted by Crippen LogP contribution is -2.32. The minimum absolute atomic E-state index is 0.156.